The molecule has 29 heavy (non-hydrogen) atoms. The van der Waals surface area contributed by atoms with E-state index in [1.807, 2.05) is 0 Å². The molecular formula is C19H30F2IN3O4. The van der Waals surface area contributed by atoms with E-state index in [2.05, 4.69) is 20.4 Å². The van der Waals surface area contributed by atoms with Gasteiger partial charge in [-0.25, -0.2) is 0 Å². The molecule has 1 aliphatic heterocycles. The Morgan fingerprint density at radius 1 is 1.34 bits per heavy atom. The number of aliphatic hydroxyl groups excluding tert-OH is 1. The maximum absolute atomic E-state index is 12.5. The Kier molecular flexibility index (Phi) is 11.5. The summed E-state index contributed by atoms with van der Waals surface area (Å²) in [6, 6.07) is 4.83. The summed E-state index contributed by atoms with van der Waals surface area (Å²) in [5.41, 5.74) is 0.741. The topological polar surface area (TPSA) is 84.3 Å². The quantitative estimate of drug-likeness (QED) is 0.246. The van der Waals surface area contributed by atoms with Crippen molar-refractivity contribution in [3.63, 3.8) is 0 Å². The molecule has 0 aliphatic carbocycles. The van der Waals surface area contributed by atoms with Crippen molar-refractivity contribution in [1.29, 1.82) is 0 Å². The average Bonchev–Trinajstić information content (AvgIpc) is 3.13. The van der Waals surface area contributed by atoms with Crippen LogP contribution in [-0.2, 0) is 11.3 Å². The minimum absolute atomic E-state index is 0. The van der Waals surface area contributed by atoms with Crippen molar-refractivity contribution >= 4 is 29.9 Å². The fourth-order valence-corrected chi connectivity index (χ4v) is 3.11. The van der Waals surface area contributed by atoms with Gasteiger partial charge in [-0.1, -0.05) is 6.07 Å². The third-order valence-electron chi connectivity index (χ3n) is 4.67. The molecule has 3 N–H and O–H groups in total. The second kappa shape index (κ2) is 13.0. The molecule has 0 spiro atoms. The first kappa shape index (κ1) is 25.6. The molecule has 1 heterocycles. The SMILES string of the molecule is CCOc1cc(CNC(=NC)NCC2(CCO)CCOC2)ccc1OC(F)F.I. The van der Waals surface area contributed by atoms with Gasteiger partial charge in [0.05, 0.1) is 13.2 Å². The summed E-state index contributed by atoms with van der Waals surface area (Å²) in [6.45, 7) is 1.70. The third-order valence-corrected chi connectivity index (χ3v) is 4.67. The van der Waals surface area contributed by atoms with Crippen LogP contribution in [0.3, 0.4) is 0 Å². The Morgan fingerprint density at radius 2 is 2.14 bits per heavy atom. The van der Waals surface area contributed by atoms with Crippen molar-refractivity contribution in [2.75, 3.05) is 40.0 Å². The van der Waals surface area contributed by atoms with Gasteiger partial charge in [-0.2, -0.15) is 8.78 Å². The highest BCUT2D eigenvalue weighted by atomic mass is 127. The molecule has 0 bridgehead atoms. The Morgan fingerprint density at radius 3 is 2.72 bits per heavy atom. The Balaban J connectivity index is 0.00000420. The summed E-state index contributed by atoms with van der Waals surface area (Å²) in [7, 11) is 1.67. The summed E-state index contributed by atoms with van der Waals surface area (Å²) < 4.78 is 40.4. The number of halogens is 3. The van der Waals surface area contributed by atoms with Crippen molar-refractivity contribution in [3.05, 3.63) is 23.8 Å². The Bertz CT molecular complexity index is 644. The summed E-state index contributed by atoms with van der Waals surface area (Å²) in [5.74, 6) is 0.889. The predicted octanol–water partition coefficient (Wildman–Crippen LogP) is 2.76. The standard InChI is InChI=1S/C19H29F2N3O4.HI/c1-3-27-16-10-14(4-5-15(16)28-17(20)21)11-23-18(22-2)24-12-19(6-8-25)7-9-26-13-19;/h4-5,10,17,25H,3,6-9,11-13H2,1-2H3,(H2,22,23,24);1H. The zero-order valence-electron chi connectivity index (χ0n) is 16.7. The number of rotatable bonds is 10. The molecule has 0 saturated carbocycles. The first-order chi connectivity index (χ1) is 13.5. The number of alkyl halides is 2. The molecule has 0 amide bonds. The van der Waals surface area contributed by atoms with Gasteiger partial charge >= 0.3 is 6.61 Å². The van der Waals surface area contributed by atoms with Crippen LogP contribution in [0.15, 0.2) is 23.2 Å². The van der Waals surface area contributed by atoms with Gasteiger partial charge in [0.2, 0.25) is 0 Å². The maximum Gasteiger partial charge on any atom is 0.387 e. The van der Waals surface area contributed by atoms with Crippen LogP contribution < -0.4 is 20.1 Å². The van der Waals surface area contributed by atoms with Crippen LogP contribution in [0.4, 0.5) is 8.78 Å². The summed E-state index contributed by atoms with van der Waals surface area (Å²) in [6.07, 6.45) is 1.56. The number of hydrogen-bond acceptors (Lipinski definition) is 5. The highest BCUT2D eigenvalue weighted by molar-refractivity contribution is 14.0. The highest BCUT2D eigenvalue weighted by Crippen LogP contribution is 2.31. The molecule has 1 saturated heterocycles. The van der Waals surface area contributed by atoms with E-state index in [1.165, 1.54) is 6.07 Å². The molecular weight excluding hydrogens is 499 g/mol. The van der Waals surface area contributed by atoms with Gasteiger partial charge in [0.15, 0.2) is 17.5 Å². The number of hydrogen-bond donors (Lipinski definition) is 3. The van der Waals surface area contributed by atoms with Gasteiger partial charge < -0.3 is 30.0 Å². The van der Waals surface area contributed by atoms with E-state index in [9.17, 15) is 13.9 Å². The fourth-order valence-electron chi connectivity index (χ4n) is 3.11. The minimum atomic E-state index is -2.91. The van der Waals surface area contributed by atoms with Gasteiger partial charge in [0.25, 0.3) is 0 Å². The second-order valence-electron chi connectivity index (χ2n) is 6.65. The van der Waals surface area contributed by atoms with Crippen LogP contribution in [0.25, 0.3) is 0 Å². The van der Waals surface area contributed by atoms with Gasteiger partial charge in [-0.05, 0) is 37.5 Å². The summed E-state index contributed by atoms with van der Waals surface area (Å²) in [5, 5.41) is 15.8. The zero-order valence-corrected chi connectivity index (χ0v) is 19.1. The van der Waals surface area contributed by atoms with Gasteiger partial charge in [-0.15, -0.1) is 24.0 Å². The first-order valence-electron chi connectivity index (χ1n) is 9.35. The van der Waals surface area contributed by atoms with E-state index in [-0.39, 0.29) is 47.5 Å². The summed E-state index contributed by atoms with van der Waals surface area (Å²) >= 11 is 0. The third kappa shape index (κ3) is 8.09. The molecule has 0 aromatic heterocycles. The number of benzene rings is 1. The van der Waals surface area contributed by atoms with E-state index in [0.717, 1.165) is 12.0 Å². The lowest BCUT2D eigenvalue weighted by Crippen LogP contribution is -2.44. The number of nitrogens with zero attached hydrogens (tertiary/aromatic N) is 1. The molecule has 10 heteroatoms. The lowest BCUT2D eigenvalue weighted by atomic mass is 9.84. The molecule has 1 unspecified atom stereocenters. The van der Waals surface area contributed by atoms with Crippen LogP contribution in [-0.4, -0.2) is 57.7 Å². The Labute approximate surface area is 187 Å². The fraction of sp³-hybridized carbons (Fsp3) is 0.632. The van der Waals surface area contributed by atoms with Crippen molar-refractivity contribution in [2.45, 2.75) is 32.9 Å². The maximum atomic E-state index is 12.5. The zero-order chi connectivity index (χ0) is 20.4. The highest BCUT2D eigenvalue weighted by Gasteiger charge is 2.34. The van der Waals surface area contributed by atoms with Gasteiger partial charge in [0, 0.05) is 38.8 Å². The molecule has 1 fully saturated rings. The number of nitrogens with one attached hydrogen (secondary N) is 2. The van der Waals surface area contributed by atoms with Crippen LogP contribution in [0, 0.1) is 5.41 Å². The summed E-state index contributed by atoms with van der Waals surface area (Å²) in [4.78, 5) is 4.21. The number of ether oxygens (including phenoxy) is 3. The monoisotopic (exact) mass is 529 g/mol. The van der Waals surface area contributed by atoms with E-state index < -0.39 is 6.61 Å². The number of aliphatic imine (C=N–C) groups is 1. The van der Waals surface area contributed by atoms with E-state index in [0.29, 0.717) is 45.3 Å². The van der Waals surface area contributed by atoms with Crippen molar-refractivity contribution in [1.82, 2.24) is 10.6 Å². The average molecular weight is 529 g/mol. The van der Waals surface area contributed by atoms with E-state index in [4.69, 9.17) is 9.47 Å². The molecule has 166 valence electrons. The normalized spacial score (nSPS) is 19.0. The molecule has 1 atom stereocenters. The molecule has 1 aliphatic rings. The van der Waals surface area contributed by atoms with Crippen molar-refractivity contribution in [3.8, 4) is 11.5 Å². The van der Waals surface area contributed by atoms with E-state index in [1.54, 1.807) is 26.1 Å². The second-order valence-corrected chi connectivity index (χ2v) is 6.65. The lowest BCUT2D eigenvalue weighted by Gasteiger charge is -2.27. The van der Waals surface area contributed by atoms with Crippen LogP contribution in [0.2, 0.25) is 0 Å². The molecule has 0 radical (unpaired) electrons. The van der Waals surface area contributed by atoms with Crippen LogP contribution in [0.5, 0.6) is 11.5 Å². The van der Waals surface area contributed by atoms with Crippen LogP contribution in [0.1, 0.15) is 25.3 Å². The number of aliphatic hydroxyl groups is 1. The van der Waals surface area contributed by atoms with Crippen molar-refractivity contribution < 1.29 is 28.1 Å². The Hall–Kier alpha value is -1.40. The lowest BCUT2D eigenvalue weighted by molar-refractivity contribution is -0.0514. The molecule has 1 aromatic rings. The molecule has 7 nitrogen and oxygen atoms in total. The first-order valence-corrected chi connectivity index (χ1v) is 9.35. The number of guanidine groups is 1. The molecule has 1 aromatic carbocycles. The van der Waals surface area contributed by atoms with Crippen molar-refractivity contribution in [2.24, 2.45) is 10.4 Å². The largest absolute Gasteiger partial charge is 0.490 e. The van der Waals surface area contributed by atoms with Gasteiger partial charge in [0.1, 0.15) is 0 Å². The van der Waals surface area contributed by atoms with E-state index >= 15 is 0 Å². The van der Waals surface area contributed by atoms with Crippen LogP contribution >= 0.6 is 24.0 Å². The predicted molar refractivity (Wildman–Crippen MR) is 117 cm³/mol. The molecule has 2 rings (SSSR count). The smallest absolute Gasteiger partial charge is 0.387 e. The minimum Gasteiger partial charge on any atom is -0.490 e. The van der Waals surface area contributed by atoms with Gasteiger partial charge in [-0.3, -0.25) is 4.99 Å².